The maximum atomic E-state index is 12.9. The number of benzene rings is 2. The quantitative estimate of drug-likeness (QED) is 0.574. The number of ketones is 1. The molecule has 0 bridgehead atoms. The molecular formula is C21H21NO4S2. The maximum absolute atomic E-state index is 12.9. The van der Waals surface area contributed by atoms with Crippen molar-refractivity contribution in [2.75, 3.05) is 5.88 Å². The molecule has 7 heteroatoms. The minimum atomic E-state index is -3.33. The first-order valence-electron chi connectivity index (χ1n) is 9.22. The summed E-state index contributed by atoms with van der Waals surface area (Å²) in [6.45, 7) is 0. The van der Waals surface area contributed by atoms with Crippen LogP contribution in [-0.4, -0.2) is 42.9 Å². The van der Waals surface area contributed by atoms with Crippen molar-refractivity contribution < 1.29 is 18.0 Å². The average molecular weight is 416 g/mol. The molecule has 2 aromatic carbocycles. The van der Waals surface area contributed by atoms with Gasteiger partial charge in [-0.15, -0.1) is 11.8 Å². The number of fused-ring (bicyclic) bond motifs is 1. The number of Topliss-reactive ketones (excluding diaryl/α,β-unsaturated/α-hetero) is 1. The standard InChI is InChI=1S/C21H21NO4S2/c23-12-18(24)21-19(27-13-22-21)10-15-6-7-20-16(8-15)11-17(28(20,25)26)9-14-4-2-1-3-5-14/h1-8,12,17,19,21-22H,9-11,13H2. The summed E-state index contributed by atoms with van der Waals surface area (Å²) >= 11 is 1.62. The Morgan fingerprint density at radius 3 is 2.64 bits per heavy atom. The Bertz CT molecular complexity index is 1000. The molecule has 0 aliphatic carbocycles. The van der Waals surface area contributed by atoms with Crippen LogP contribution in [-0.2, 0) is 38.7 Å². The molecule has 2 aromatic rings. The summed E-state index contributed by atoms with van der Waals surface area (Å²) in [5.41, 5.74) is 2.87. The van der Waals surface area contributed by atoms with Crippen molar-refractivity contribution in [1.29, 1.82) is 0 Å². The van der Waals surface area contributed by atoms with E-state index in [9.17, 15) is 18.0 Å². The number of sulfone groups is 1. The summed E-state index contributed by atoms with van der Waals surface area (Å²) in [6, 6.07) is 14.7. The first-order valence-corrected chi connectivity index (χ1v) is 11.8. The Balaban J connectivity index is 1.53. The Hall–Kier alpha value is -1.96. The number of hydrogen-bond acceptors (Lipinski definition) is 6. The summed E-state index contributed by atoms with van der Waals surface area (Å²) in [5.74, 6) is 0.203. The van der Waals surface area contributed by atoms with E-state index in [2.05, 4.69) is 5.32 Å². The van der Waals surface area contributed by atoms with Crippen LogP contribution in [0.3, 0.4) is 0 Å². The molecular weight excluding hydrogens is 394 g/mol. The highest BCUT2D eigenvalue weighted by Gasteiger charge is 2.38. The lowest BCUT2D eigenvalue weighted by Gasteiger charge is -2.15. The van der Waals surface area contributed by atoms with E-state index in [0.717, 1.165) is 16.7 Å². The lowest BCUT2D eigenvalue weighted by molar-refractivity contribution is -0.131. The van der Waals surface area contributed by atoms with Gasteiger partial charge in [0.05, 0.1) is 16.2 Å². The van der Waals surface area contributed by atoms with Gasteiger partial charge < -0.3 is 0 Å². The van der Waals surface area contributed by atoms with Gasteiger partial charge in [0.25, 0.3) is 0 Å². The molecule has 1 N–H and O–H groups in total. The van der Waals surface area contributed by atoms with Crippen molar-refractivity contribution in [3.8, 4) is 0 Å². The molecule has 2 aliphatic heterocycles. The Labute approximate surface area is 168 Å². The van der Waals surface area contributed by atoms with Crippen LogP contribution >= 0.6 is 11.8 Å². The number of aldehydes is 1. The van der Waals surface area contributed by atoms with Gasteiger partial charge in [-0.2, -0.15) is 0 Å². The molecule has 0 saturated carbocycles. The highest BCUT2D eigenvalue weighted by Crippen LogP contribution is 2.35. The first-order chi connectivity index (χ1) is 13.5. The zero-order valence-electron chi connectivity index (χ0n) is 15.2. The minimum absolute atomic E-state index is 0.0196. The van der Waals surface area contributed by atoms with Crippen LogP contribution in [0.25, 0.3) is 0 Å². The molecule has 28 heavy (non-hydrogen) atoms. The molecule has 1 saturated heterocycles. The molecule has 2 aliphatic rings. The molecule has 0 radical (unpaired) electrons. The van der Waals surface area contributed by atoms with E-state index >= 15 is 0 Å². The van der Waals surface area contributed by atoms with Crippen LogP contribution in [0.5, 0.6) is 0 Å². The van der Waals surface area contributed by atoms with Crippen LogP contribution in [0.2, 0.25) is 0 Å². The molecule has 1 fully saturated rings. The van der Waals surface area contributed by atoms with Crippen LogP contribution in [0.4, 0.5) is 0 Å². The van der Waals surface area contributed by atoms with Gasteiger partial charge >= 0.3 is 0 Å². The highest BCUT2D eigenvalue weighted by molar-refractivity contribution is 8.00. The predicted octanol–water partition coefficient (Wildman–Crippen LogP) is 1.97. The third-order valence-corrected chi connectivity index (χ3v) is 8.88. The zero-order chi connectivity index (χ0) is 19.7. The SMILES string of the molecule is O=CC(=O)C1NCSC1Cc1ccc2c(c1)CC(Cc1ccccc1)S2(=O)=O. The number of carbonyl (C=O) groups is 2. The summed E-state index contributed by atoms with van der Waals surface area (Å²) in [4.78, 5) is 23.0. The molecule has 3 atom stereocenters. The summed E-state index contributed by atoms with van der Waals surface area (Å²) in [7, 11) is -3.33. The molecule has 3 unspecified atom stereocenters. The van der Waals surface area contributed by atoms with Gasteiger partial charge in [0.1, 0.15) is 0 Å². The second-order valence-electron chi connectivity index (χ2n) is 7.26. The van der Waals surface area contributed by atoms with E-state index < -0.39 is 26.9 Å². The van der Waals surface area contributed by atoms with Gasteiger partial charge in [-0.3, -0.25) is 14.9 Å². The fourth-order valence-electron chi connectivity index (χ4n) is 4.03. The fourth-order valence-corrected chi connectivity index (χ4v) is 7.19. The van der Waals surface area contributed by atoms with E-state index in [4.69, 9.17) is 0 Å². The minimum Gasteiger partial charge on any atom is -0.297 e. The monoisotopic (exact) mass is 415 g/mol. The Kier molecular flexibility index (Phi) is 5.40. The average Bonchev–Trinajstić information content (AvgIpc) is 3.24. The second kappa shape index (κ2) is 7.81. The number of rotatable bonds is 6. The zero-order valence-corrected chi connectivity index (χ0v) is 16.8. The molecule has 2 heterocycles. The van der Waals surface area contributed by atoms with E-state index in [0.29, 0.717) is 36.3 Å². The van der Waals surface area contributed by atoms with Gasteiger partial charge in [0.15, 0.2) is 16.1 Å². The molecule has 0 amide bonds. The van der Waals surface area contributed by atoms with Crippen molar-refractivity contribution in [3.63, 3.8) is 0 Å². The molecule has 0 spiro atoms. The summed E-state index contributed by atoms with van der Waals surface area (Å²) in [5, 5.41) is 2.61. The number of nitrogens with one attached hydrogen (secondary N) is 1. The van der Waals surface area contributed by atoms with Gasteiger partial charge in [-0.25, -0.2) is 8.42 Å². The maximum Gasteiger partial charge on any atom is 0.213 e. The summed E-state index contributed by atoms with van der Waals surface area (Å²) in [6.07, 6.45) is 2.01. The highest BCUT2D eigenvalue weighted by atomic mass is 32.2. The van der Waals surface area contributed by atoms with Crippen LogP contribution in [0.1, 0.15) is 16.7 Å². The lowest BCUT2D eigenvalue weighted by Crippen LogP contribution is -2.39. The molecule has 146 valence electrons. The van der Waals surface area contributed by atoms with Gasteiger partial charge in [-0.05, 0) is 42.0 Å². The topological polar surface area (TPSA) is 80.3 Å². The molecule has 5 nitrogen and oxygen atoms in total. The van der Waals surface area contributed by atoms with E-state index in [1.807, 2.05) is 42.5 Å². The van der Waals surface area contributed by atoms with Gasteiger partial charge in [0, 0.05) is 11.1 Å². The van der Waals surface area contributed by atoms with Crippen molar-refractivity contribution in [1.82, 2.24) is 5.32 Å². The number of hydrogen-bond donors (Lipinski definition) is 1. The van der Waals surface area contributed by atoms with E-state index in [-0.39, 0.29) is 5.25 Å². The molecule has 0 aromatic heterocycles. The van der Waals surface area contributed by atoms with E-state index in [1.165, 1.54) is 0 Å². The first kappa shape index (κ1) is 19.4. The van der Waals surface area contributed by atoms with Crippen LogP contribution in [0.15, 0.2) is 53.4 Å². The normalized spacial score (nSPS) is 25.4. The van der Waals surface area contributed by atoms with Gasteiger partial charge in [-0.1, -0.05) is 42.5 Å². The van der Waals surface area contributed by atoms with Gasteiger partial charge in [0.2, 0.25) is 5.78 Å². The second-order valence-corrected chi connectivity index (χ2v) is 10.7. The van der Waals surface area contributed by atoms with Crippen molar-refractivity contribution in [3.05, 3.63) is 65.2 Å². The molecule has 4 rings (SSSR count). The van der Waals surface area contributed by atoms with Crippen LogP contribution in [0, 0.1) is 0 Å². The van der Waals surface area contributed by atoms with Crippen molar-refractivity contribution in [2.45, 2.75) is 40.7 Å². The van der Waals surface area contributed by atoms with Crippen molar-refractivity contribution >= 4 is 33.7 Å². The number of thioether (sulfide) groups is 1. The Morgan fingerprint density at radius 2 is 1.89 bits per heavy atom. The third-order valence-electron chi connectivity index (χ3n) is 5.46. The lowest BCUT2D eigenvalue weighted by atomic mass is 9.98. The summed E-state index contributed by atoms with van der Waals surface area (Å²) < 4.78 is 25.9. The predicted molar refractivity (Wildman–Crippen MR) is 109 cm³/mol. The smallest absolute Gasteiger partial charge is 0.213 e. The third kappa shape index (κ3) is 3.66. The van der Waals surface area contributed by atoms with Crippen molar-refractivity contribution in [2.24, 2.45) is 0 Å². The largest absolute Gasteiger partial charge is 0.297 e. The fraction of sp³-hybridized carbons (Fsp3) is 0.333. The number of carbonyl (C=O) groups excluding carboxylic acids is 2. The van der Waals surface area contributed by atoms with Crippen LogP contribution < -0.4 is 5.32 Å². The Morgan fingerprint density at radius 1 is 1.11 bits per heavy atom. The van der Waals surface area contributed by atoms with E-state index in [1.54, 1.807) is 17.8 Å².